The maximum atomic E-state index is 11.6. The zero-order valence-electron chi connectivity index (χ0n) is 9.34. The number of rotatable bonds is 4. The van der Waals surface area contributed by atoms with Crippen molar-refractivity contribution in [1.82, 2.24) is 5.32 Å². The summed E-state index contributed by atoms with van der Waals surface area (Å²) in [5, 5.41) is 12.4. The average Bonchev–Trinajstić information content (AvgIpc) is 2.31. The number of nitrogens with zero attached hydrogens (tertiary/aromatic N) is 1. The van der Waals surface area contributed by atoms with Gasteiger partial charge in [-0.05, 0) is 30.2 Å². The first-order chi connectivity index (χ1) is 8.06. The molecule has 0 aliphatic carbocycles. The Morgan fingerprint density at radius 2 is 2.24 bits per heavy atom. The first-order valence-corrected chi connectivity index (χ1v) is 5.95. The van der Waals surface area contributed by atoms with E-state index in [0.717, 1.165) is 0 Å². The van der Waals surface area contributed by atoms with E-state index in [1.807, 2.05) is 13.0 Å². The Labute approximate surface area is 110 Å². The second kappa shape index (κ2) is 6.48. The van der Waals surface area contributed by atoms with Gasteiger partial charge in [-0.2, -0.15) is 5.26 Å². The fourth-order valence-corrected chi connectivity index (χ4v) is 1.70. The minimum Gasteiger partial charge on any atom is -0.340 e. The third-order valence-electron chi connectivity index (χ3n) is 2.26. The van der Waals surface area contributed by atoms with Gasteiger partial charge in [-0.3, -0.25) is 4.79 Å². The summed E-state index contributed by atoms with van der Waals surface area (Å²) in [6, 6.07) is 6.50. The summed E-state index contributed by atoms with van der Waals surface area (Å²) in [4.78, 5) is 11.6. The number of nitrogens with one attached hydrogen (secondary N) is 1. The molecule has 17 heavy (non-hydrogen) atoms. The van der Waals surface area contributed by atoms with E-state index in [-0.39, 0.29) is 12.3 Å². The third kappa shape index (κ3) is 4.26. The van der Waals surface area contributed by atoms with Crippen LogP contribution >= 0.6 is 23.2 Å². The fourth-order valence-electron chi connectivity index (χ4n) is 1.32. The lowest BCUT2D eigenvalue weighted by atomic mass is 10.1. The minimum absolute atomic E-state index is 0.123. The van der Waals surface area contributed by atoms with Crippen molar-refractivity contribution in [3.63, 3.8) is 0 Å². The molecule has 1 N–H and O–H groups in total. The number of hydrogen-bond donors (Lipinski definition) is 1. The maximum absolute atomic E-state index is 11.6. The highest BCUT2D eigenvalue weighted by molar-refractivity contribution is 6.33. The van der Waals surface area contributed by atoms with Crippen LogP contribution in [0.2, 0.25) is 10.0 Å². The van der Waals surface area contributed by atoms with E-state index >= 15 is 0 Å². The van der Waals surface area contributed by atoms with Crippen molar-refractivity contribution in [2.24, 2.45) is 0 Å². The molecule has 0 saturated carbocycles. The van der Waals surface area contributed by atoms with Crippen LogP contribution in [-0.4, -0.2) is 11.9 Å². The lowest BCUT2D eigenvalue weighted by Crippen LogP contribution is -2.34. The van der Waals surface area contributed by atoms with E-state index in [1.165, 1.54) is 0 Å². The van der Waals surface area contributed by atoms with Crippen LogP contribution in [-0.2, 0) is 11.2 Å². The van der Waals surface area contributed by atoms with E-state index in [4.69, 9.17) is 28.5 Å². The first-order valence-electron chi connectivity index (χ1n) is 5.19. The molecule has 1 unspecified atom stereocenters. The Bertz CT molecular complexity index is 454. The van der Waals surface area contributed by atoms with Gasteiger partial charge >= 0.3 is 0 Å². The molecule has 0 radical (unpaired) electrons. The van der Waals surface area contributed by atoms with Crippen molar-refractivity contribution < 1.29 is 4.79 Å². The summed E-state index contributed by atoms with van der Waals surface area (Å²) in [5.74, 6) is -0.234. The quantitative estimate of drug-likeness (QED) is 0.915. The Balaban J connectivity index is 2.68. The zero-order valence-corrected chi connectivity index (χ0v) is 10.8. The molecule has 0 spiro atoms. The van der Waals surface area contributed by atoms with Crippen molar-refractivity contribution in [1.29, 1.82) is 5.26 Å². The summed E-state index contributed by atoms with van der Waals surface area (Å²) in [5.41, 5.74) is 0.657. The fraction of sp³-hybridized carbons (Fsp3) is 0.333. The van der Waals surface area contributed by atoms with Gasteiger partial charge in [0.15, 0.2) is 0 Å². The second-order valence-electron chi connectivity index (χ2n) is 3.57. The van der Waals surface area contributed by atoms with E-state index in [1.54, 1.807) is 18.2 Å². The number of nitriles is 1. The van der Waals surface area contributed by atoms with Gasteiger partial charge in [0, 0.05) is 10.0 Å². The lowest BCUT2D eigenvalue weighted by molar-refractivity contribution is -0.120. The number of benzene rings is 1. The number of carbonyl (C=O) groups is 1. The van der Waals surface area contributed by atoms with Crippen molar-refractivity contribution >= 4 is 29.1 Å². The molecule has 90 valence electrons. The summed E-state index contributed by atoms with van der Waals surface area (Å²) in [6.07, 6.45) is 0.698. The normalized spacial score (nSPS) is 11.6. The van der Waals surface area contributed by atoms with Crippen LogP contribution in [0, 0.1) is 11.3 Å². The van der Waals surface area contributed by atoms with Crippen molar-refractivity contribution in [2.75, 3.05) is 0 Å². The average molecular weight is 271 g/mol. The lowest BCUT2D eigenvalue weighted by Gasteiger charge is -2.10. The monoisotopic (exact) mass is 270 g/mol. The number of hydrogen-bond acceptors (Lipinski definition) is 2. The van der Waals surface area contributed by atoms with Crippen LogP contribution in [0.25, 0.3) is 0 Å². The van der Waals surface area contributed by atoms with Crippen molar-refractivity contribution in [3.05, 3.63) is 33.8 Å². The molecule has 0 aliphatic heterocycles. The van der Waals surface area contributed by atoms with Gasteiger partial charge < -0.3 is 5.32 Å². The van der Waals surface area contributed by atoms with Gasteiger partial charge in [-0.15, -0.1) is 0 Å². The molecule has 0 aromatic heterocycles. The van der Waals surface area contributed by atoms with Crippen molar-refractivity contribution in [3.8, 4) is 6.07 Å². The van der Waals surface area contributed by atoms with Gasteiger partial charge in [-0.1, -0.05) is 30.1 Å². The largest absolute Gasteiger partial charge is 0.340 e. The van der Waals surface area contributed by atoms with Crippen LogP contribution in [0.5, 0.6) is 0 Å². The predicted molar refractivity (Wildman–Crippen MR) is 68.0 cm³/mol. The van der Waals surface area contributed by atoms with E-state index in [0.29, 0.717) is 22.0 Å². The molecule has 5 heteroatoms. The number of carbonyl (C=O) groups excluding carboxylic acids is 1. The van der Waals surface area contributed by atoms with Gasteiger partial charge in [0.25, 0.3) is 0 Å². The Morgan fingerprint density at radius 3 is 2.82 bits per heavy atom. The highest BCUT2D eigenvalue weighted by atomic mass is 35.5. The molecule has 0 bridgehead atoms. The zero-order chi connectivity index (χ0) is 12.8. The molecule has 1 aromatic carbocycles. The third-order valence-corrected chi connectivity index (χ3v) is 2.86. The van der Waals surface area contributed by atoms with Crippen LogP contribution in [0.4, 0.5) is 0 Å². The van der Waals surface area contributed by atoms with E-state index in [2.05, 4.69) is 5.32 Å². The molecule has 0 fully saturated rings. The SMILES string of the molecule is CCC(C#N)NC(=O)Cc1cc(Cl)ccc1Cl. The summed E-state index contributed by atoms with van der Waals surface area (Å²) >= 11 is 11.8. The van der Waals surface area contributed by atoms with Crippen LogP contribution < -0.4 is 5.32 Å². The summed E-state index contributed by atoms with van der Waals surface area (Å²) < 4.78 is 0. The molecule has 3 nitrogen and oxygen atoms in total. The molecule has 0 heterocycles. The molecule has 0 saturated heterocycles. The second-order valence-corrected chi connectivity index (χ2v) is 4.41. The van der Waals surface area contributed by atoms with Gasteiger partial charge in [-0.25, -0.2) is 0 Å². The van der Waals surface area contributed by atoms with Gasteiger partial charge in [0.2, 0.25) is 5.91 Å². The Kier molecular flexibility index (Phi) is 5.27. The van der Waals surface area contributed by atoms with Crippen LogP contribution in [0.15, 0.2) is 18.2 Å². The molecular weight excluding hydrogens is 259 g/mol. The molecule has 1 rings (SSSR count). The highest BCUT2D eigenvalue weighted by Gasteiger charge is 2.11. The van der Waals surface area contributed by atoms with E-state index in [9.17, 15) is 4.79 Å². The Morgan fingerprint density at radius 1 is 1.53 bits per heavy atom. The maximum Gasteiger partial charge on any atom is 0.225 e. The molecule has 0 aliphatic rings. The highest BCUT2D eigenvalue weighted by Crippen LogP contribution is 2.20. The number of halogens is 2. The minimum atomic E-state index is -0.458. The summed E-state index contributed by atoms with van der Waals surface area (Å²) in [7, 11) is 0. The standard InChI is InChI=1S/C12H12Cl2N2O/c1-2-10(7-15)16-12(17)6-8-5-9(13)3-4-11(8)14/h3-5,10H,2,6H2,1H3,(H,16,17). The molecular formula is C12H12Cl2N2O. The molecule has 1 atom stereocenters. The molecule has 1 amide bonds. The topological polar surface area (TPSA) is 52.9 Å². The smallest absolute Gasteiger partial charge is 0.225 e. The first kappa shape index (κ1) is 13.8. The van der Waals surface area contributed by atoms with Crippen LogP contribution in [0.3, 0.4) is 0 Å². The predicted octanol–water partition coefficient (Wildman–Crippen LogP) is 2.95. The molecule has 1 aromatic rings. The summed E-state index contributed by atoms with van der Waals surface area (Å²) in [6.45, 7) is 1.83. The van der Waals surface area contributed by atoms with E-state index < -0.39 is 6.04 Å². The van der Waals surface area contributed by atoms with Crippen LogP contribution in [0.1, 0.15) is 18.9 Å². The van der Waals surface area contributed by atoms with Gasteiger partial charge in [0.05, 0.1) is 12.5 Å². The Hall–Kier alpha value is -1.24. The van der Waals surface area contributed by atoms with Gasteiger partial charge in [0.1, 0.15) is 6.04 Å². The number of amides is 1. The van der Waals surface area contributed by atoms with Crippen molar-refractivity contribution in [2.45, 2.75) is 25.8 Å².